The van der Waals surface area contributed by atoms with Crippen molar-refractivity contribution in [1.82, 2.24) is 15.3 Å². The minimum absolute atomic E-state index is 0.0242. The molecule has 1 saturated heterocycles. The molecule has 0 radical (unpaired) electrons. The number of hydrogen-bond donors (Lipinski definition) is 1. The number of halogens is 1. The molecule has 0 saturated carbocycles. The second-order valence-electron chi connectivity index (χ2n) is 6.03. The third kappa shape index (κ3) is 3.71. The molecule has 0 spiro atoms. The van der Waals surface area contributed by atoms with Crippen LogP contribution in [0.4, 0.5) is 5.82 Å². The topological polar surface area (TPSA) is 76.6 Å². The second kappa shape index (κ2) is 7.31. The Balaban J connectivity index is 2.04. The molecule has 0 bridgehead atoms. The molecule has 1 amide bonds. The van der Waals surface area contributed by atoms with Crippen molar-refractivity contribution in [3.05, 3.63) is 17.4 Å². The van der Waals surface area contributed by atoms with Crippen molar-refractivity contribution in [1.29, 1.82) is 0 Å². The van der Waals surface area contributed by atoms with Gasteiger partial charge < -0.3 is 19.7 Å². The van der Waals surface area contributed by atoms with Gasteiger partial charge in [0.25, 0.3) is 0 Å². The van der Waals surface area contributed by atoms with Crippen molar-refractivity contribution >= 4 is 34.2 Å². The number of carbonyl (C=O) groups is 1. The summed E-state index contributed by atoms with van der Waals surface area (Å²) in [7, 11) is 3.17. The zero-order valence-corrected chi connectivity index (χ0v) is 15.3. The van der Waals surface area contributed by atoms with Gasteiger partial charge in [-0.2, -0.15) is 4.98 Å². The molecule has 0 unspecified atom stereocenters. The maximum atomic E-state index is 11.4. The van der Waals surface area contributed by atoms with Gasteiger partial charge in [0.15, 0.2) is 11.5 Å². The number of carbonyl (C=O) groups excluding carboxylic acids is 1. The largest absolute Gasteiger partial charge is 0.493 e. The second-order valence-corrected chi connectivity index (χ2v) is 6.36. The van der Waals surface area contributed by atoms with E-state index in [0.29, 0.717) is 23.6 Å². The van der Waals surface area contributed by atoms with E-state index in [0.717, 1.165) is 30.6 Å². The average Bonchev–Trinajstić information content (AvgIpc) is 2.59. The van der Waals surface area contributed by atoms with E-state index in [1.165, 1.54) is 6.92 Å². The van der Waals surface area contributed by atoms with Gasteiger partial charge in [0.2, 0.25) is 11.2 Å². The van der Waals surface area contributed by atoms with Gasteiger partial charge in [-0.3, -0.25) is 4.79 Å². The Morgan fingerprint density at radius 2 is 2.00 bits per heavy atom. The summed E-state index contributed by atoms with van der Waals surface area (Å²) in [6.45, 7) is 3.05. The Labute approximate surface area is 151 Å². The number of aromatic nitrogens is 2. The van der Waals surface area contributed by atoms with Crippen LogP contribution in [0.2, 0.25) is 5.28 Å². The molecule has 1 atom stereocenters. The predicted octanol–water partition coefficient (Wildman–Crippen LogP) is 2.41. The van der Waals surface area contributed by atoms with Crippen LogP contribution in [0, 0.1) is 0 Å². The summed E-state index contributed by atoms with van der Waals surface area (Å²) in [5.74, 6) is 1.91. The van der Waals surface area contributed by atoms with E-state index in [9.17, 15) is 4.79 Å². The van der Waals surface area contributed by atoms with E-state index in [2.05, 4.69) is 20.2 Å². The fourth-order valence-corrected chi connectivity index (χ4v) is 3.40. The number of piperidine rings is 1. The summed E-state index contributed by atoms with van der Waals surface area (Å²) in [5.41, 5.74) is 0.689. The van der Waals surface area contributed by atoms with Gasteiger partial charge >= 0.3 is 0 Å². The molecule has 8 heteroatoms. The number of nitrogens with zero attached hydrogens (tertiary/aromatic N) is 3. The van der Waals surface area contributed by atoms with Crippen LogP contribution < -0.4 is 19.7 Å². The maximum absolute atomic E-state index is 11.4. The number of fused-ring (bicyclic) bond motifs is 1. The van der Waals surface area contributed by atoms with Crippen LogP contribution in [-0.4, -0.2) is 49.2 Å². The number of methoxy groups -OCH3 is 2. The van der Waals surface area contributed by atoms with Crippen LogP contribution >= 0.6 is 11.6 Å². The normalized spacial score (nSPS) is 17.4. The number of hydrogen-bond acceptors (Lipinski definition) is 6. The fourth-order valence-electron chi connectivity index (χ4n) is 3.23. The van der Waals surface area contributed by atoms with Crippen LogP contribution in [0.3, 0.4) is 0 Å². The Hall–Kier alpha value is -2.28. The Morgan fingerprint density at radius 1 is 1.28 bits per heavy atom. The first kappa shape index (κ1) is 17.5. The van der Waals surface area contributed by atoms with Crippen molar-refractivity contribution in [2.45, 2.75) is 25.8 Å². The molecular weight excluding hydrogens is 344 g/mol. The van der Waals surface area contributed by atoms with Gasteiger partial charge in [-0.05, 0) is 30.5 Å². The van der Waals surface area contributed by atoms with Crippen LogP contribution in [0.1, 0.15) is 19.8 Å². The molecule has 2 heterocycles. The average molecular weight is 365 g/mol. The zero-order chi connectivity index (χ0) is 18.0. The Kier molecular flexibility index (Phi) is 5.13. The van der Waals surface area contributed by atoms with Crippen LogP contribution in [0.15, 0.2) is 12.1 Å². The van der Waals surface area contributed by atoms with Crippen molar-refractivity contribution in [2.75, 3.05) is 32.2 Å². The van der Waals surface area contributed by atoms with Crippen molar-refractivity contribution in [3.63, 3.8) is 0 Å². The summed E-state index contributed by atoms with van der Waals surface area (Å²) in [4.78, 5) is 22.2. The first-order valence-corrected chi connectivity index (χ1v) is 8.51. The Bertz CT molecular complexity index is 799. The number of rotatable bonds is 4. The minimum Gasteiger partial charge on any atom is -0.493 e. The molecule has 1 aliphatic rings. The summed E-state index contributed by atoms with van der Waals surface area (Å²) >= 11 is 6.14. The summed E-state index contributed by atoms with van der Waals surface area (Å²) in [6, 6.07) is 3.75. The SMILES string of the molecule is COc1cc2nc(Cl)nc(N3CCC[C@@H](NC(C)=O)C3)c2cc1OC. The lowest BCUT2D eigenvalue weighted by molar-refractivity contribution is -0.119. The molecule has 1 aromatic heterocycles. The first-order chi connectivity index (χ1) is 12.0. The molecule has 2 aromatic rings. The molecule has 7 nitrogen and oxygen atoms in total. The van der Waals surface area contributed by atoms with Gasteiger partial charge in [0, 0.05) is 37.5 Å². The smallest absolute Gasteiger partial charge is 0.224 e. The number of anilines is 1. The summed E-state index contributed by atoms with van der Waals surface area (Å²) in [6.07, 6.45) is 1.91. The van der Waals surface area contributed by atoms with E-state index in [-0.39, 0.29) is 17.2 Å². The van der Waals surface area contributed by atoms with E-state index >= 15 is 0 Å². The standard InChI is InChI=1S/C17H21ClN4O3/c1-10(23)19-11-5-4-6-22(9-11)16-12-7-14(24-2)15(25-3)8-13(12)20-17(18)21-16/h7-8,11H,4-6,9H2,1-3H3,(H,19,23)/t11-/m1/s1. The molecule has 1 aliphatic heterocycles. The highest BCUT2D eigenvalue weighted by Gasteiger charge is 2.24. The predicted molar refractivity (Wildman–Crippen MR) is 96.7 cm³/mol. The number of benzene rings is 1. The Morgan fingerprint density at radius 3 is 2.68 bits per heavy atom. The van der Waals surface area contributed by atoms with E-state index in [1.807, 2.05) is 6.07 Å². The van der Waals surface area contributed by atoms with Gasteiger partial charge in [-0.25, -0.2) is 4.98 Å². The first-order valence-electron chi connectivity index (χ1n) is 8.13. The number of nitrogens with one attached hydrogen (secondary N) is 1. The lowest BCUT2D eigenvalue weighted by atomic mass is 10.0. The number of amides is 1. The molecule has 134 valence electrons. The van der Waals surface area contributed by atoms with Gasteiger partial charge in [-0.15, -0.1) is 0 Å². The van der Waals surface area contributed by atoms with Crippen molar-refractivity contribution < 1.29 is 14.3 Å². The highest BCUT2D eigenvalue weighted by Crippen LogP contribution is 2.36. The minimum atomic E-state index is -0.0242. The molecule has 25 heavy (non-hydrogen) atoms. The van der Waals surface area contributed by atoms with Crippen LogP contribution in [-0.2, 0) is 4.79 Å². The van der Waals surface area contributed by atoms with Crippen molar-refractivity contribution in [2.24, 2.45) is 0 Å². The van der Waals surface area contributed by atoms with Gasteiger partial charge in [0.1, 0.15) is 5.82 Å². The molecule has 1 fully saturated rings. The monoisotopic (exact) mass is 364 g/mol. The van der Waals surface area contributed by atoms with Crippen LogP contribution in [0.25, 0.3) is 10.9 Å². The lowest BCUT2D eigenvalue weighted by Crippen LogP contribution is -2.47. The third-order valence-electron chi connectivity index (χ3n) is 4.28. The highest BCUT2D eigenvalue weighted by atomic mass is 35.5. The van der Waals surface area contributed by atoms with Gasteiger partial charge in [-0.1, -0.05) is 0 Å². The molecule has 3 rings (SSSR count). The zero-order valence-electron chi connectivity index (χ0n) is 14.5. The lowest BCUT2D eigenvalue weighted by Gasteiger charge is -2.34. The van der Waals surface area contributed by atoms with E-state index in [4.69, 9.17) is 21.1 Å². The molecule has 1 N–H and O–H groups in total. The summed E-state index contributed by atoms with van der Waals surface area (Å²) in [5, 5.41) is 4.00. The molecule has 1 aromatic carbocycles. The van der Waals surface area contributed by atoms with E-state index in [1.54, 1.807) is 20.3 Å². The van der Waals surface area contributed by atoms with E-state index < -0.39 is 0 Å². The maximum Gasteiger partial charge on any atom is 0.224 e. The van der Waals surface area contributed by atoms with Crippen LogP contribution in [0.5, 0.6) is 11.5 Å². The quantitative estimate of drug-likeness (QED) is 0.839. The number of ether oxygens (including phenoxy) is 2. The summed E-state index contributed by atoms with van der Waals surface area (Å²) < 4.78 is 10.7. The molecular formula is C17H21ClN4O3. The molecule has 0 aliphatic carbocycles. The fraction of sp³-hybridized carbons (Fsp3) is 0.471. The van der Waals surface area contributed by atoms with Gasteiger partial charge in [0.05, 0.1) is 19.7 Å². The third-order valence-corrected chi connectivity index (χ3v) is 4.45. The van der Waals surface area contributed by atoms with Crippen molar-refractivity contribution in [3.8, 4) is 11.5 Å². The highest BCUT2D eigenvalue weighted by molar-refractivity contribution is 6.28.